The Hall–Kier alpha value is -3.42. The zero-order valence-corrected chi connectivity index (χ0v) is 14.7. The predicted molar refractivity (Wildman–Crippen MR) is 95.1 cm³/mol. The van der Waals surface area contributed by atoms with Gasteiger partial charge in [0.2, 0.25) is 0 Å². The molecule has 0 saturated carbocycles. The van der Waals surface area contributed by atoms with Gasteiger partial charge in [-0.2, -0.15) is 18.8 Å². The topological polar surface area (TPSA) is 114 Å². The summed E-state index contributed by atoms with van der Waals surface area (Å²) < 4.78 is 42.5. The second-order valence-corrected chi connectivity index (χ2v) is 6.64. The third-order valence-electron chi connectivity index (χ3n) is 3.62. The Bertz CT molecular complexity index is 1080. The van der Waals surface area contributed by atoms with Gasteiger partial charge in [-0.05, 0) is 30.3 Å². The molecule has 3 rings (SSSR count). The quantitative estimate of drug-likeness (QED) is 0.691. The van der Waals surface area contributed by atoms with Crippen LogP contribution in [0, 0.1) is 17.1 Å². The standard InChI is InChI=1S/C17H14FN5O3S/c18-17-9-16(26-27(20,24)25)6-3-14(17)11-23(22-8-7-21-12-22)15-4-1-13(10-19)2-5-15/h1-9,12H,11H2,(H2,20,24,25). The largest absolute Gasteiger partial charge is 0.380 e. The van der Waals surface area contributed by atoms with E-state index in [0.29, 0.717) is 11.3 Å². The summed E-state index contributed by atoms with van der Waals surface area (Å²) in [6.07, 6.45) is 4.82. The molecule has 0 fully saturated rings. The summed E-state index contributed by atoms with van der Waals surface area (Å²) in [6, 6.07) is 12.5. The fraction of sp³-hybridized carbons (Fsp3) is 0.0588. The molecule has 0 aliphatic carbocycles. The summed E-state index contributed by atoms with van der Waals surface area (Å²) >= 11 is 0. The third-order valence-corrected chi connectivity index (χ3v) is 4.05. The van der Waals surface area contributed by atoms with Gasteiger partial charge < -0.3 is 4.18 Å². The lowest BCUT2D eigenvalue weighted by atomic mass is 10.1. The van der Waals surface area contributed by atoms with E-state index in [4.69, 9.17) is 10.4 Å². The van der Waals surface area contributed by atoms with E-state index in [2.05, 4.69) is 9.17 Å². The van der Waals surface area contributed by atoms with Gasteiger partial charge in [-0.25, -0.2) is 14.1 Å². The van der Waals surface area contributed by atoms with Crippen LogP contribution in [0.15, 0.2) is 61.2 Å². The van der Waals surface area contributed by atoms with E-state index in [0.717, 1.165) is 6.07 Å². The lowest BCUT2D eigenvalue weighted by Gasteiger charge is -2.26. The number of nitriles is 1. The molecule has 2 N–H and O–H groups in total. The van der Waals surface area contributed by atoms with Gasteiger partial charge >= 0.3 is 10.3 Å². The van der Waals surface area contributed by atoms with E-state index in [-0.39, 0.29) is 17.9 Å². The van der Waals surface area contributed by atoms with Crippen LogP contribution in [0.25, 0.3) is 0 Å². The van der Waals surface area contributed by atoms with E-state index < -0.39 is 16.1 Å². The van der Waals surface area contributed by atoms with Gasteiger partial charge in [-0.15, -0.1) is 0 Å². The maximum atomic E-state index is 14.5. The first-order valence-electron chi connectivity index (χ1n) is 7.62. The summed E-state index contributed by atoms with van der Waals surface area (Å²) in [5.74, 6) is -0.874. The summed E-state index contributed by atoms with van der Waals surface area (Å²) in [6.45, 7) is 0.115. The molecule has 0 aliphatic rings. The average Bonchev–Trinajstić information content (AvgIpc) is 3.14. The van der Waals surface area contributed by atoms with E-state index in [9.17, 15) is 12.8 Å². The number of aromatic nitrogens is 2. The molecule has 27 heavy (non-hydrogen) atoms. The molecule has 2 aromatic carbocycles. The molecule has 0 unspecified atom stereocenters. The van der Waals surface area contributed by atoms with Gasteiger partial charge in [0.15, 0.2) is 0 Å². The Balaban J connectivity index is 1.92. The Morgan fingerprint density at radius 2 is 2.00 bits per heavy atom. The maximum Gasteiger partial charge on any atom is 0.380 e. The first kappa shape index (κ1) is 18.4. The number of hydrogen-bond donors (Lipinski definition) is 1. The molecule has 138 valence electrons. The molecular weight excluding hydrogens is 373 g/mol. The lowest BCUT2D eigenvalue weighted by molar-refractivity contribution is 0.484. The van der Waals surface area contributed by atoms with Gasteiger partial charge in [0.1, 0.15) is 17.9 Å². The number of nitrogens with two attached hydrogens (primary N) is 1. The number of benzene rings is 2. The van der Waals surface area contributed by atoms with Gasteiger partial charge in [0.25, 0.3) is 0 Å². The highest BCUT2D eigenvalue weighted by Crippen LogP contribution is 2.23. The van der Waals surface area contributed by atoms with Crippen molar-refractivity contribution >= 4 is 16.0 Å². The molecule has 3 aromatic rings. The smallest absolute Gasteiger partial charge is 0.371 e. The van der Waals surface area contributed by atoms with Crippen molar-refractivity contribution in [2.45, 2.75) is 6.54 Å². The fourth-order valence-corrected chi connectivity index (χ4v) is 2.78. The predicted octanol–water partition coefficient (Wildman–Crippen LogP) is 1.95. The molecule has 0 bridgehead atoms. The van der Waals surface area contributed by atoms with Crippen molar-refractivity contribution in [3.63, 3.8) is 0 Å². The molecule has 0 atom stereocenters. The number of hydrogen-bond acceptors (Lipinski definition) is 6. The van der Waals surface area contributed by atoms with E-state index in [1.165, 1.54) is 12.1 Å². The number of anilines is 1. The van der Waals surface area contributed by atoms with Crippen LogP contribution in [-0.4, -0.2) is 18.1 Å². The van der Waals surface area contributed by atoms with Crippen LogP contribution in [0.1, 0.15) is 11.1 Å². The molecule has 0 spiro atoms. The van der Waals surface area contributed by atoms with E-state index in [1.54, 1.807) is 52.7 Å². The minimum atomic E-state index is -4.23. The Morgan fingerprint density at radius 1 is 1.26 bits per heavy atom. The Labute approximate surface area is 155 Å². The normalized spacial score (nSPS) is 11.0. The number of rotatable bonds is 6. The second-order valence-electron chi connectivity index (χ2n) is 5.49. The number of halogens is 1. The van der Waals surface area contributed by atoms with Crippen molar-refractivity contribution in [1.29, 1.82) is 5.26 Å². The first-order chi connectivity index (χ1) is 12.9. The van der Waals surface area contributed by atoms with Crippen LogP contribution in [-0.2, 0) is 16.8 Å². The van der Waals surface area contributed by atoms with Gasteiger partial charge in [-0.1, -0.05) is 6.07 Å². The fourth-order valence-electron chi connectivity index (χ4n) is 2.41. The van der Waals surface area contributed by atoms with Gasteiger partial charge in [0, 0.05) is 24.0 Å². The Kier molecular flexibility index (Phi) is 5.07. The summed E-state index contributed by atoms with van der Waals surface area (Å²) in [4.78, 5) is 4.00. The highest BCUT2D eigenvalue weighted by Gasteiger charge is 2.14. The molecular formula is C17H14FN5O3S. The zero-order chi connectivity index (χ0) is 19.4. The van der Waals surface area contributed by atoms with Crippen molar-refractivity contribution in [2.75, 3.05) is 5.01 Å². The van der Waals surface area contributed by atoms with Crippen LogP contribution in [0.5, 0.6) is 5.75 Å². The molecule has 0 radical (unpaired) electrons. The van der Waals surface area contributed by atoms with Crippen LogP contribution in [0.2, 0.25) is 0 Å². The van der Waals surface area contributed by atoms with Crippen LogP contribution < -0.4 is 14.3 Å². The van der Waals surface area contributed by atoms with Crippen molar-refractivity contribution in [2.24, 2.45) is 5.14 Å². The molecule has 0 aliphatic heterocycles. The van der Waals surface area contributed by atoms with Crippen molar-refractivity contribution < 1.29 is 17.0 Å². The summed E-state index contributed by atoms with van der Waals surface area (Å²) in [5.41, 5.74) is 1.49. The summed E-state index contributed by atoms with van der Waals surface area (Å²) in [7, 11) is -4.23. The SMILES string of the molecule is N#Cc1ccc(N(Cc2ccc(OS(N)(=O)=O)cc2F)n2ccnc2)cc1. The van der Waals surface area contributed by atoms with Crippen molar-refractivity contribution in [1.82, 2.24) is 9.66 Å². The molecule has 1 heterocycles. The van der Waals surface area contributed by atoms with Crippen molar-refractivity contribution in [3.8, 4) is 11.8 Å². The van der Waals surface area contributed by atoms with E-state index >= 15 is 0 Å². The number of nitrogens with zero attached hydrogens (tertiary/aromatic N) is 4. The van der Waals surface area contributed by atoms with Crippen molar-refractivity contribution in [3.05, 3.63) is 78.1 Å². The van der Waals surface area contributed by atoms with Crippen LogP contribution >= 0.6 is 0 Å². The second kappa shape index (κ2) is 7.45. The number of imidazole rings is 1. The minimum absolute atomic E-state index is 0.115. The first-order valence-corrected chi connectivity index (χ1v) is 9.09. The average molecular weight is 387 g/mol. The van der Waals surface area contributed by atoms with Crippen LogP contribution in [0.3, 0.4) is 0 Å². The van der Waals surface area contributed by atoms with Gasteiger partial charge in [-0.3, -0.25) is 5.01 Å². The van der Waals surface area contributed by atoms with Gasteiger partial charge in [0.05, 0.1) is 23.9 Å². The molecule has 10 heteroatoms. The summed E-state index contributed by atoms with van der Waals surface area (Å²) in [5, 5.41) is 15.5. The zero-order valence-electron chi connectivity index (χ0n) is 13.9. The Morgan fingerprint density at radius 3 is 2.56 bits per heavy atom. The molecule has 0 amide bonds. The lowest BCUT2D eigenvalue weighted by Crippen LogP contribution is -2.28. The molecule has 0 saturated heterocycles. The van der Waals surface area contributed by atoms with Crippen LogP contribution in [0.4, 0.5) is 10.1 Å². The molecule has 8 nitrogen and oxygen atoms in total. The third kappa shape index (κ3) is 4.60. The minimum Gasteiger partial charge on any atom is -0.371 e. The highest BCUT2D eigenvalue weighted by atomic mass is 32.2. The molecule has 1 aromatic heterocycles. The van der Waals surface area contributed by atoms with E-state index in [1.807, 2.05) is 6.07 Å². The monoisotopic (exact) mass is 387 g/mol. The maximum absolute atomic E-state index is 14.5. The highest BCUT2D eigenvalue weighted by molar-refractivity contribution is 7.84.